The summed E-state index contributed by atoms with van der Waals surface area (Å²) < 4.78 is 0. The lowest BCUT2D eigenvalue weighted by Crippen LogP contribution is -2.31. The van der Waals surface area contributed by atoms with Gasteiger partial charge in [-0.05, 0) is 113 Å². The molecule has 1 nitrogen and oxygen atoms in total. The van der Waals surface area contributed by atoms with Crippen molar-refractivity contribution in [3.63, 3.8) is 0 Å². The lowest BCUT2D eigenvalue weighted by atomic mass is 9.63. The second-order valence-electron chi connectivity index (χ2n) is 16.8. The molecule has 11 aromatic carbocycles. The number of fused-ring (bicyclic) bond motifs is 7. The fraction of sp³-hybridized carbons (Fsp3) is 0.0159. The van der Waals surface area contributed by atoms with E-state index in [0.717, 1.165) is 17.1 Å². The van der Waals surface area contributed by atoms with Crippen LogP contribution in [0.2, 0.25) is 0 Å². The van der Waals surface area contributed by atoms with E-state index >= 15 is 0 Å². The first-order valence-electron chi connectivity index (χ1n) is 22.2. The molecule has 0 N–H and O–H groups in total. The van der Waals surface area contributed by atoms with Crippen molar-refractivity contribution in [3.05, 3.63) is 283 Å². The van der Waals surface area contributed by atoms with Crippen LogP contribution in [0.25, 0.3) is 66.1 Å². The molecule has 1 heteroatoms. The van der Waals surface area contributed by atoms with Crippen LogP contribution in [0, 0.1) is 0 Å². The highest BCUT2D eigenvalue weighted by molar-refractivity contribution is 6.00. The molecule has 12 rings (SSSR count). The molecule has 0 aromatic heterocycles. The Labute approximate surface area is 374 Å². The van der Waals surface area contributed by atoms with E-state index in [4.69, 9.17) is 0 Å². The van der Waals surface area contributed by atoms with Gasteiger partial charge in [0.25, 0.3) is 0 Å². The molecule has 0 amide bonds. The molecular weight excluding hydrogens is 771 g/mol. The van der Waals surface area contributed by atoms with Crippen LogP contribution in [0.1, 0.15) is 22.3 Å². The lowest BCUT2D eigenvalue weighted by molar-refractivity contribution is 0.751. The number of nitrogens with zero attached hydrogens (tertiary/aromatic N) is 1. The van der Waals surface area contributed by atoms with Gasteiger partial charge in [-0.3, -0.25) is 0 Å². The van der Waals surface area contributed by atoms with Crippen LogP contribution in [0.5, 0.6) is 0 Å². The lowest BCUT2D eigenvalue weighted by Gasteiger charge is -2.38. The van der Waals surface area contributed by atoms with Crippen molar-refractivity contribution in [1.29, 1.82) is 0 Å². The molecule has 0 unspecified atom stereocenters. The van der Waals surface area contributed by atoms with E-state index in [9.17, 15) is 0 Å². The Balaban J connectivity index is 0.961. The van der Waals surface area contributed by atoms with Gasteiger partial charge in [0, 0.05) is 16.8 Å². The van der Waals surface area contributed by atoms with Gasteiger partial charge in [0.1, 0.15) is 0 Å². The maximum Gasteiger partial charge on any atom is 0.0713 e. The first-order chi connectivity index (χ1) is 31.8. The normalized spacial score (nSPS) is 12.5. The van der Waals surface area contributed by atoms with Gasteiger partial charge in [-0.1, -0.05) is 231 Å². The molecule has 11 aromatic rings. The zero-order chi connectivity index (χ0) is 42.5. The molecule has 0 spiro atoms. The number of rotatable bonds is 7. The Kier molecular flexibility index (Phi) is 9.13. The number of hydrogen-bond acceptors (Lipinski definition) is 1. The maximum absolute atomic E-state index is 2.39. The summed E-state index contributed by atoms with van der Waals surface area (Å²) >= 11 is 0. The molecule has 1 aliphatic carbocycles. The van der Waals surface area contributed by atoms with Gasteiger partial charge in [0.15, 0.2) is 0 Å². The Morgan fingerprint density at radius 1 is 0.250 bits per heavy atom. The molecule has 1 aliphatic rings. The van der Waals surface area contributed by atoms with Crippen molar-refractivity contribution in [1.82, 2.24) is 0 Å². The summed E-state index contributed by atoms with van der Waals surface area (Å²) in [5.74, 6) is 0. The van der Waals surface area contributed by atoms with Crippen molar-refractivity contribution in [3.8, 4) is 44.5 Å². The van der Waals surface area contributed by atoms with E-state index < -0.39 is 5.41 Å². The standard InChI is InChI=1S/C63H43N/c1-2-20-49(21-3-1)63(60-29-12-10-26-58(60)56-24-8-9-25-57(56)59-27-11-13-30-61(59)63)50-38-32-44(33-39-50)45-34-40-51(41-35-45)64(62-31-15-19-47-17-5-7-23-55(47)62)52-42-36-48(37-43-52)54-28-14-18-46-16-4-6-22-53(46)54/h1-43H. The Morgan fingerprint density at radius 3 is 1.27 bits per heavy atom. The molecule has 64 heavy (non-hydrogen) atoms. The summed E-state index contributed by atoms with van der Waals surface area (Å²) in [4.78, 5) is 2.39. The van der Waals surface area contributed by atoms with E-state index in [0.29, 0.717) is 0 Å². The molecule has 0 fully saturated rings. The van der Waals surface area contributed by atoms with Crippen LogP contribution in [-0.2, 0) is 5.41 Å². The quantitative estimate of drug-likeness (QED) is 0.155. The topological polar surface area (TPSA) is 3.24 Å². The van der Waals surface area contributed by atoms with E-state index in [1.807, 2.05) is 0 Å². The zero-order valence-electron chi connectivity index (χ0n) is 35.3. The van der Waals surface area contributed by atoms with Gasteiger partial charge in [0.2, 0.25) is 0 Å². The predicted octanol–water partition coefficient (Wildman–Crippen LogP) is 16.8. The first kappa shape index (κ1) is 37.5. The van der Waals surface area contributed by atoms with Crippen molar-refractivity contribution < 1.29 is 0 Å². The van der Waals surface area contributed by atoms with E-state index in [2.05, 4.69) is 266 Å². The number of hydrogen-bond donors (Lipinski definition) is 0. The highest BCUT2D eigenvalue weighted by Gasteiger charge is 2.43. The van der Waals surface area contributed by atoms with Gasteiger partial charge in [-0.2, -0.15) is 0 Å². The van der Waals surface area contributed by atoms with Crippen LogP contribution < -0.4 is 4.90 Å². The summed E-state index contributed by atoms with van der Waals surface area (Å²) in [5.41, 5.74) is 17.7. The Bertz CT molecular complexity index is 3400. The summed E-state index contributed by atoms with van der Waals surface area (Å²) in [6.07, 6.45) is 0. The summed E-state index contributed by atoms with van der Waals surface area (Å²) in [6.45, 7) is 0. The van der Waals surface area contributed by atoms with Gasteiger partial charge in [-0.15, -0.1) is 0 Å². The molecular formula is C63H43N. The fourth-order valence-corrected chi connectivity index (χ4v) is 10.5. The predicted molar refractivity (Wildman–Crippen MR) is 270 cm³/mol. The molecule has 0 atom stereocenters. The van der Waals surface area contributed by atoms with Crippen molar-refractivity contribution in [2.75, 3.05) is 4.90 Å². The average Bonchev–Trinajstić information content (AvgIpc) is 3.49. The molecule has 0 bridgehead atoms. The summed E-state index contributed by atoms with van der Waals surface area (Å²) in [7, 11) is 0. The van der Waals surface area contributed by atoms with E-state index in [1.165, 1.54) is 88.3 Å². The zero-order valence-corrected chi connectivity index (χ0v) is 35.3. The van der Waals surface area contributed by atoms with E-state index in [1.54, 1.807) is 0 Å². The summed E-state index contributed by atoms with van der Waals surface area (Å²) in [6, 6.07) is 95.9. The fourth-order valence-electron chi connectivity index (χ4n) is 10.5. The van der Waals surface area contributed by atoms with E-state index in [-0.39, 0.29) is 0 Å². The first-order valence-corrected chi connectivity index (χ1v) is 22.2. The maximum atomic E-state index is 2.39. The number of benzene rings is 11. The van der Waals surface area contributed by atoms with Gasteiger partial charge in [0.05, 0.1) is 11.1 Å². The van der Waals surface area contributed by atoms with Gasteiger partial charge < -0.3 is 4.90 Å². The highest BCUT2D eigenvalue weighted by atomic mass is 15.1. The third-order valence-corrected chi connectivity index (χ3v) is 13.4. The van der Waals surface area contributed by atoms with Crippen LogP contribution >= 0.6 is 0 Å². The smallest absolute Gasteiger partial charge is 0.0713 e. The van der Waals surface area contributed by atoms with Gasteiger partial charge >= 0.3 is 0 Å². The van der Waals surface area contributed by atoms with Crippen LogP contribution in [-0.4, -0.2) is 0 Å². The minimum Gasteiger partial charge on any atom is -0.310 e. The average molecular weight is 814 g/mol. The monoisotopic (exact) mass is 813 g/mol. The van der Waals surface area contributed by atoms with Crippen LogP contribution in [0.4, 0.5) is 17.1 Å². The number of anilines is 3. The molecule has 0 aliphatic heterocycles. The molecule has 0 radical (unpaired) electrons. The van der Waals surface area contributed by atoms with Crippen LogP contribution in [0.3, 0.4) is 0 Å². The third kappa shape index (κ3) is 6.08. The Morgan fingerprint density at radius 2 is 0.656 bits per heavy atom. The molecule has 0 saturated carbocycles. The summed E-state index contributed by atoms with van der Waals surface area (Å²) in [5, 5.41) is 4.93. The Hall–Kier alpha value is -8.26. The SMILES string of the molecule is c1ccc(C2(c3ccc(-c4ccc(N(c5ccc(-c6cccc7ccccc67)cc5)c5cccc6ccccc56)cc4)cc3)c3ccccc3-c3ccccc3-c3ccccc32)cc1. The molecule has 0 saturated heterocycles. The van der Waals surface area contributed by atoms with Crippen LogP contribution in [0.15, 0.2) is 261 Å². The minimum absolute atomic E-state index is 0.558. The molecule has 300 valence electrons. The van der Waals surface area contributed by atoms with Gasteiger partial charge in [-0.25, -0.2) is 0 Å². The second-order valence-corrected chi connectivity index (χ2v) is 16.8. The van der Waals surface area contributed by atoms with Crippen molar-refractivity contribution in [2.45, 2.75) is 5.41 Å². The third-order valence-electron chi connectivity index (χ3n) is 13.4. The second kappa shape index (κ2) is 15.6. The van der Waals surface area contributed by atoms with Crippen molar-refractivity contribution in [2.24, 2.45) is 0 Å². The van der Waals surface area contributed by atoms with Crippen molar-refractivity contribution >= 4 is 38.6 Å². The minimum atomic E-state index is -0.558. The molecule has 0 heterocycles. The highest BCUT2D eigenvalue weighted by Crippen LogP contribution is 2.55. The largest absolute Gasteiger partial charge is 0.310 e.